The molecule has 0 bridgehead atoms. The first-order valence-corrected chi connectivity index (χ1v) is 8.97. The number of sulfonamides is 1. The fourth-order valence-electron chi connectivity index (χ4n) is 2.84. The molecule has 0 radical (unpaired) electrons. The van der Waals surface area contributed by atoms with Crippen molar-refractivity contribution in [1.82, 2.24) is 0 Å². The largest absolute Gasteiger partial charge is 0.397 e. The molecule has 0 amide bonds. The van der Waals surface area contributed by atoms with Crippen LogP contribution in [0, 0.1) is 0 Å². The van der Waals surface area contributed by atoms with Gasteiger partial charge in [0.1, 0.15) is 0 Å². The van der Waals surface area contributed by atoms with Crippen LogP contribution < -0.4 is 20.7 Å². The molecular weight excluding hydrogens is 312 g/mol. The minimum atomic E-state index is -3.72. The first-order chi connectivity index (χ1) is 10.9. The second-order valence-electron chi connectivity index (χ2n) is 5.58. The first kappa shape index (κ1) is 15.6. The van der Waals surface area contributed by atoms with Crippen molar-refractivity contribution in [2.75, 3.05) is 41.7 Å². The fourth-order valence-corrected chi connectivity index (χ4v) is 3.39. The molecule has 1 aliphatic heterocycles. The molecule has 0 spiro atoms. The van der Waals surface area contributed by atoms with E-state index in [-0.39, 0.29) is 4.90 Å². The van der Waals surface area contributed by atoms with Crippen molar-refractivity contribution in [3.8, 4) is 0 Å². The molecule has 0 atom stereocenters. The quantitative estimate of drug-likeness (QED) is 0.825. The fraction of sp³-hybridized carbons (Fsp3) is 0.250. The molecule has 1 heterocycles. The van der Waals surface area contributed by atoms with Gasteiger partial charge in [0.25, 0.3) is 0 Å². The van der Waals surface area contributed by atoms with E-state index in [1.165, 1.54) is 17.8 Å². The lowest BCUT2D eigenvalue weighted by Crippen LogP contribution is -2.46. The van der Waals surface area contributed by atoms with Crippen LogP contribution >= 0.6 is 0 Å². The van der Waals surface area contributed by atoms with E-state index in [2.05, 4.69) is 21.9 Å². The summed E-state index contributed by atoms with van der Waals surface area (Å²) in [5.41, 5.74) is 8.52. The Hall–Kier alpha value is -2.25. The monoisotopic (exact) mass is 332 g/mol. The molecular formula is C16H20N4O2S. The lowest BCUT2D eigenvalue weighted by molar-refractivity contribution is 0.598. The summed E-state index contributed by atoms with van der Waals surface area (Å²) in [5.74, 6) is 0. The summed E-state index contributed by atoms with van der Waals surface area (Å²) in [6.07, 6.45) is 0. The summed E-state index contributed by atoms with van der Waals surface area (Å²) >= 11 is 0. The minimum absolute atomic E-state index is 0.0432. The molecule has 0 saturated carbocycles. The molecule has 4 N–H and O–H groups in total. The van der Waals surface area contributed by atoms with Gasteiger partial charge in [-0.2, -0.15) is 0 Å². The van der Waals surface area contributed by atoms with Crippen LogP contribution in [-0.4, -0.2) is 34.6 Å². The maximum atomic E-state index is 11.4. The van der Waals surface area contributed by atoms with Gasteiger partial charge in [-0.3, -0.25) is 0 Å². The molecule has 7 heteroatoms. The molecule has 122 valence electrons. The third kappa shape index (κ3) is 3.40. The number of benzene rings is 2. The maximum absolute atomic E-state index is 11.4. The maximum Gasteiger partial charge on any atom is 0.238 e. The molecule has 1 aliphatic rings. The average molecular weight is 332 g/mol. The number of hydrogen-bond acceptors (Lipinski definition) is 5. The van der Waals surface area contributed by atoms with E-state index < -0.39 is 10.0 Å². The number of para-hydroxylation sites is 1. The zero-order valence-electron chi connectivity index (χ0n) is 12.7. The Kier molecular flexibility index (Phi) is 4.14. The molecule has 23 heavy (non-hydrogen) atoms. The molecule has 1 saturated heterocycles. The zero-order valence-corrected chi connectivity index (χ0v) is 13.5. The van der Waals surface area contributed by atoms with Crippen LogP contribution in [0.15, 0.2) is 53.4 Å². The average Bonchev–Trinajstić information content (AvgIpc) is 2.55. The van der Waals surface area contributed by atoms with Crippen LogP contribution in [0.4, 0.5) is 17.1 Å². The minimum Gasteiger partial charge on any atom is -0.397 e. The van der Waals surface area contributed by atoms with Crippen LogP contribution in [-0.2, 0) is 10.0 Å². The SMILES string of the molecule is Nc1cc(S(N)(=O)=O)ccc1N1CCN(c2ccccc2)CC1. The van der Waals surface area contributed by atoms with E-state index in [0.29, 0.717) is 5.69 Å². The third-order valence-corrected chi connectivity index (χ3v) is 4.98. The van der Waals surface area contributed by atoms with Gasteiger partial charge in [0.05, 0.1) is 16.3 Å². The van der Waals surface area contributed by atoms with Crippen molar-refractivity contribution in [3.63, 3.8) is 0 Å². The Morgan fingerprint density at radius 3 is 2.04 bits per heavy atom. The summed E-state index contributed by atoms with van der Waals surface area (Å²) < 4.78 is 22.7. The van der Waals surface area contributed by atoms with Crippen molar-refractivity contribution >= 4 is 27.1 Å². The summed E-state index contributed by atoms with van der Waals surface area (Å²) in [5, 5.41) is 5.13. The second kappa shape index (κ2) is 6.10. The number of nitrogen functional groups attached to an aromatic ring is 1. The van der Waals surface area contributed by atoms with Gasteiger partial charge in [-0.1, -0.05) is 18.2 Å². The first-order valence-electron chi connectivity index (χ1n) is 7.42. The predicted molar refractivity (Wildman–Crippen MR) is 93.1 cm³/mol. The van der Waals surface area contributed by atoms with E-state index in [9.17, 15) is 8.42 Å². The summed E-state index contributed by atoms with van der Waals surface area (Å²) in [6, 6.07) is 14.9. The van der Waals surface area contributed by atoms with Crippen molar-refractivity contribution in [2.24, 2.45) is 5.14 Å². The van der Waals surface area contributed by atoms with E-state index in [4.69, 9.17) is 10.9 Å². The Balaban J connectivity index is 1.73. The summed E-state index contributed by atoms with van der Waals surface area (Å²) in [6.45, 7) is 3.43. The second-order valence-corrected chi connectivity index (χ2v) is 7.14. The molecule has 0 unspecified atom stereocenters. The van der Waals surface area contributed by atoms with Crippen molar-refractivity contribution in [2.45, 2.75) is 4.90 Å². The van der Waals surface area contributed by atoms with Crippen LogP contribution in [0.25, 0.3) is 0 Å². The van der Waals surface area contributed by atoms with Gasteiger partial charge < -0.3 is 15.5 Å². The number of rotatable bonds is 3. The van der Waals surface area contributed by atoms with Crippen LogP contribution in [0.2, 0.25) is 0 Å². The highest BCUT2D eigenvalue weighted by Crippen LogP contribution is 2.27. The molecule has 2 aromatic rings. The molecule has 6 nitrogen and oxygen atoms in total. The summed E-state index contributed by atoms with van der Waals surface area (Å²) in [4.78, 5) is 4.54. The number of hydrogen-bond donors (Lipinski definition) is 2. The van der Waals surface area contributed by atoms with Gasteiger partial charge in [0.2, 0.25) is 10.0 Å². The van der Waals surface area contributed by atoms with Gasteiger partial charge in [0, 0.05) is 31.9 Å². The number of anilines is 3. The van der Waals surface area contributed by atoms with Gasteiger partial charge in [-0.05, 0) is 30.3 Å². The Labute approximate surface area is 136 Å². The lowest BCUT2D eigenvalue weighted by Gasteiger charge is -2.37. The Bertz CT molecular complexity index is 785. The highest BCUT2D eigenvalue weighted by Gasteiger charge is 2.20. The van der Waals surface area contributed by atoms with Crippen molar-refractivity contribution in [1.29, 1.82) is 0 Å². The third-order valence-electron chi connectivity index (χ3n) is 4.07. The van der Waals surface area contributed by atoms with Gasteiger partial charge in [-0.25, -0.2) is 13.6 Å². The number of nitrogens with zero attached hydrogens (tertiary/aromatic N) is 2. The molecule has 3 rings (SSSR count). The van der Waals surface area contributed by atoms with Gasteiger partial charge in [0.15, 0.2) is 0 Å². The normalized spacial score (nSPS) is 15.7. The standard InChI is InChI=1S/C16H20N4O2S/c17-15-12-14(23(18,21)22)6-7-16(15)20-10-8-19(9-11-20)13-4-2-1-3-5-13/h1-7,12H,8-11,17H2,(H2,18,21,22). The number of primary sulfonamides is 1. The molecule has 1 fully saturated rings. The Morgan fingerprint density at radius 2 is 1.48 bits per heavy atom. The predicted octanol–water partition coefficient (Wildman–Crippen LogP) is 1.24. The van der Waals surface area contributed by atoms with E-state index >= 15 is 0 Å². The highest BCUT2D eigenvalue weighted by atomic mass is 32.2. The number of nitrogens with two attached hydrogens (primary N) is 2. The zero-order chi connectivity index (χ0) is 16.4. The van der Waals surface area contributed by atoms with Gasteiger partial charge in [-0.15, -0.1) is 0 Å². The topological polar surface area (TPSA) is 92.7 Å². The van der Waals surface area contributed by atoms with Gasteiger partial charge >= 0.3 is 0 Å². The van der Waals surface area contributed by atoms with E-state index in [0.717, 1.165) is 31.9 Å². The lowest BCUT2D eigenvalue weighted by atomic mass is 10.2. The van der Waals surface area contributed by atoms with Crippen molar-refractivity contribution < 1.29 is 8.42 Å². The Morgan fingerprint density at radius 1 is 0.870 bits per heavy atom. The van der Waals surface area contributed by atoms with Crippen molar-refractivity contribution in [3.05, 3.63) is 48.5 Å². The van der Waals surface area contributed by atoms with E-state index in [1.54, 1.807) is 6.07 Å². The van der Waals surface area contributed by atoms with Crippen LogP contribution in [0.1, 0.15) is 0 Å². The van der Waals surface area contributed by atoms with E-state index in [1.807, 2.05) is 18.2 Å². The van der Waals surface area contributed by atoms with Crippen LogP contribution in [0.3, 0.4) is 0 Å². The summed E-state index contributed by atoms with van der Waals surface area (Å²) in [7, 11) is -3.72. The smallest absolute Gasteiger partial charge is 0.238 e. The van der Waals surface area contributed by atoms with Crippen LogP contribution in [0.5, 0.6) is 0 Å². The number of piperazine rings is 1. The highest BCUT2D eigenvalue weighted by molar-refractivity contribution is 7.89. The molecule has 0 aromatic heterocycles. The molecule has 0 aliphatic carbocycles. The molecule has 2 aromatic carbocycles.